The van der Waals surface area contributed by atoms with E-state index in [9.17, 15) is 4.39 Å². The van der Waals surface area contributed by atoms with Crippen LogP contribution in [0, 0.1) is 5.82 Å². The molecule has 1 N–H and O–H groups in total. The summed E-state index contributed by atoms with van der Waals surface area (Å²) in [5.41, 5.74) is 0.571. The third kappa shape index (κ3) is 3.14. The van der Waals surface area contributed by atoms with Crippen LogP contribution in [0.4, 0.5) is 15.9 Å². The molecule has 17 heavy (non-hydrogen) atoms. The Kier molecular flexibility index (Phi) is 3.96. The Labute approximate surface area is 119 Å². The lowest BCUT2D eigenvalue weighted by Gasteiger charge is -2.07. The Bertz CT molecular complexity index is 565. The molecular formula is C10H5Br2ClFN3. The van der Waals surface area contributed by atoms with Gasteiger partial charge in [-0.3, -0.25) is 0 Å². The van der Waals surface area contributed by atoms with Crippen molar-refractivity contribution in [2.24, 2.45) is 0 Å². The van der Waals surface area contributed by atoms with Gasteiger partial charge in [-0.15, -0.1) is 0 Å². The van der Waals surface area contributed by atoms with Gasteiger partial charge in [0.05, 0.1) is 8.95 Å². The van der Waals surface area contributed by atoms with Gasteiger partial charge in [0.1, 0.15) is 11.6 Å². The fourth-order valence-corrected chi connectivity index (χ4v) is 1.81. The van der Waals surface area contributed by atoms with Crippen molar-refractivity contribution in [2.45, 2.75) is 0 Å². The molecule has 0 aliphatic carbocycles. The Balaban J connectivity index is 2.31. The predicted octanol–water partition coefficient (Wildman–Crippen LogP) is 4.54. The number of hydrogen-bond donors (Lipinski definition) is 1. The van der Waals surface area contributed by atoms with Gasteiger partial charge in [-0.25, -0.2) is 9.37 Å². The van der Waals surface area contributed by atoms with Gasteiger partial charge >= 0.3 is 0 Å². The summed E-state index contributed by atoms with van der Waals surface area (Å²) < 4.78 is 14.4. The zero-order chi connectivity index (χ0) is 12.4. The molecule has 0 aliphatic heterocycles. The maximum absolute atomic E-state index is 13.3. The molecule has 2 rings (SSSR count). The third-order valence-electron chi connectivity index (χ3n) is 1.90. The summed E-state index contributed by atoms with van der Waals surface area (Å²) in [5.74, 6) is 0.123. The van der Waals surface area contributed by atoms with Crippen LogP contribution in [0.25, 0.3) is 0 Å². The van der Waals surface area contributed by atoms with E-state index in [-0.39, 0.29) is 11.1 Å². The maximum atomic E-state index is 13.3. The van der Waals surface area contributed by atoms with Crippen LogP contribution >= 0.6 is 43.5 Å². The second kappa shape index (κ2) is 5.29. The van der Waals surface area contributed by atoms with Gasteiger partial charge in [0.2, 0.25) is 5.28 Å². The molecule has 0 radical (unpaired) electrons. The average molecular weight is 381 g/mol. The molecule has 3 nitrogen and oxygen atoms in total. The van der Waals surface area contributed by atoms with Gasteiger partial charge in [0.15, 0.2) is 0 Å². The smallest absolute Gasteiger partial charge is 0.224 e. The summed E-state index contributed by atoms with van der Waals surface area (Å²) in [5, 5.41) is 3.06. The average Bonchev–Trinajstić information content (AvgIpc) is 2.29. The number of nitrogens with one attached hydrogen (secondary N) is 1. The Hall–Kier alpha value is -0.720. The van der Waals surface area contributed by atoms with Crippen LogP contribution in [0.15, 0.2) is 33.3 Å². The van der Waals surface area contributed by atoms with E-state index >= 15 is 0 Å². The first kappa shape index (κ1) is 12.7. The van der Waals surface area contributed by atoms with Crippen LogP contribution in [-0.4, -0.2) is 9.97 Å². The first-order chi connectivity index (χ1) is 8.06. The van der Waals surface area contributed by atoms with Crippen molar-refractivity contribution in [3.8, 4) is 0 Å². The molecule has 0 unspecified atom stereocenters. The summed E-state index contributed by atoms with van der Waals surface area (Å²) in [6.45, 7) is 0. The Morgan fingerprint density at radius 1 is 1.24 bits per heavy atom. The molecule has 0 fully saturated rings. The van der Waals surface area contributed by atoms with Gasteiger partial charge in [-0.1, -0.05) is 0 Å². The summed E-state index contributed by atoms with van der Waals surface area (Å²) >= 11 is 12.0. The van der Waals surface area contributed by atoms with Gasteiger partial charge in [-0.05, 0) is 61.7 Å². The van der Waals surface area contributed by atoms with Gasteiger partial charge in [-0.2, -0.15) is 4.98 Å². The summed E-state index contributed by atoms with van der Waals surface area (Å²) in [7, 11) is 0. The minimum absolute atomic E-state index is 0.119. The van der Waals surface area contributed by atoms with Gasteiger partial charge in [0.25, 0.3) is 0 Å². The molecule has 0 aliphatic rings. The number of rotatable bonds is 2. The number of benzene rings is 1. The van der Waals surface area contributed by atoms with E-state index in [1.165, 1.54) is 12.3 Å². The van der Waals surface area contributed by atoms with Crippen molar-refractivity contribution in [3.63, 3.8) is 0 Å². The molecule has 88 valence electrons. The van der Waals surface area contributed by atoms with E-state index in [1.54, 1.807) is 12.1 Å². The molecule has 1 aromatic carbocycles. The number of hydrogen-bond acceptors (Lipinski definition) is 3. The molecule has 0 saturated carbocycles. The highest BCUT2D eigenvalue weighted by Crippen LogP contribution is 2.26. The van der Waals surface area contributed by atoms with Crippen molar-refractivity contribution in [1.82, 2.24) is 9.97 Å². The van der Waals surface area contributed by atoms with Gasteiger partial charge in [0, 0.05) is 11.9 Å². The minimum Gasteiger partial charge on any atom is -0.339 e. The lowest BCUT2D eigenvalue weighted by molar-refractivity contribution is 0.622. The monoisotopic (exact) mass is 379 g/mol. The van der Waals surface area contributed by atoms with Crippen molar-refractivity contribution in [2.75, 3.05) is 5.32 Å². The lowest BCUT2D eigenvalue weighted by atomic mass is 10.3. The molecule has 0 saturated heterocycles. The Morgan fingerprint density at radius 2 is 2.00 bits per heavy atom. The molecule has 0 spiro atoms. The van der Waals surface area contributed by atoms with Crippen LogP contribution in [0.1, 0.15) is 0 Å². The number of anilines is 2. The zero-order valence-corrected chi connectivity index (χ0v) is 12.1. The Morgan fingerprint density at radius 3 is 2.71 bits per heavy atom. The topological polar surface area (TPSA) is 37.8 Å². The van der Waals surface area contributed by atoms with E-state index in [0.29, 0.717) is 20.5 Å². The van der Waals surface area contributed by atoms with Crippen LogP contribution in [0.2, 0.25) is 5.28 Å². The molecule has 0 atom stereocenters. The second-order valence-corrected chi connectivity index (χ2v) is 5.14. The van der Waals surface area contributed by atoms with Crippen LogP contribution in [0.3, 0.4) is 0 Å². The van der Waals surface area contributed by atoms with Crippen molar-refractivity contribution in [1.29, 1.82) is 0 Å². The van der Waals surface area contributed by atoms with Crippen molar-refractivity contribution < 1.29 is 4.39 Å². The van der Waals surface area contributed by atoms with Crippen LogP contribution in [0.5, 0.6) is 0 Å². The summed E-state index contributed by atoms with van der Waals surface area (Å²) in [6, 6.07) is 4.68. The quantitative estimate of drug-likeness (QED) is 0.777. The zero-order valence-electron chi connectivity index (χ0n) is 8.22. The normalized spacial score (nSPS) is 10.4. The second-order valence-electron chi connectivity index (χ2n) is 3.09. The lowest BCUT2D eigenvalue weighted by Crippen LogP contribution is -1.97. The third-order valence-corrected chi connectivity index (χ3v) is 3.30. The summed E-state index contributed by atoms with van der Waals surface area (Å²) in [4.78, 5) is 7.78. The first-order valence-corrected chi connectivity index (χ1v) is 6.43. The fourth-order valence-electron chi connectivity index (χ4n) is 1.14. The fraction of sp³-hybridized carbons (Fsp3) is 0. The SMILES string of the molecule is Fc1cc(Nc2nc(Cl)ncc2Br)ccc1Br. The first-order valence-electron chi connectivity index (χ1n) is 4.46. The molecule has 2 aromatic rings. The maximum Gasteiger partial charge on any atom is 0.224 e. The molecule has 1 aromatic heterocycles. The van der Waals surface area contributed by atoms with Crippen molar-refractivity contribution >= 4 is 55.0 Å². The van der Waals surface area contributed by atoms with E-state index in [0.717, 1.165) is 0 Å². The molecule has 0 amide bonds. The molecule has 7 heteroatoms. The highest BCUT2D eigenvalue weighted by atomic mass is 79.9. The number of nitrogens with zero attached hydrogens (tertiary/aromatic N) is 2. The van der Waals surface area contributed by atoms with Crippen molar-refractivity contribution in [3.05, 3.63) is 44.4 Å². The standard InChI is InChI=1S/C10H5Br2ClFN3/c11-6-2-1-5(3-8(6)14)16-9-7(12)4-15-10(13)17-9/h1-4H,(H,15,16,17). The number of halogens is 4. The van der Waals surface area contributed by atoms with E-state index in [2.05, 4.69) is 47.1 Å². The van der Waals surface area contributed by atoms with E-state index < -0.39 is 0 Å². The highest BCUT2D eigenvalue weighted by molar-refractivity contribution is 9.10. The highest BCUT2D eigenvalue weighted by Gasteiger charge is 2.06. The predicted molar refractivity (Wildman–Crippen MR) is 72.1 cm³/mol. The number of aromatic nitrogens is 2. The summed E-state index contributed by atoms with van der Waals surface area (Å²) in [6.07, 6.45) is 1.52. The van der Waals surface area contributed by atoms with E-state index in [1.807, 2.05) is 0 Å². The van der Waals surface area contributed by atoms with Gasteiger partial charge < -0.3 is 5.32 Å². The van der Waals surface area contributed by atoms with E-state index in [4.69, 9.17) is 11.6 Å². The van der Waals surface area contributed by atoms with Crippen LogP contribution < -0.4 is 5.32 Å². The molecule has 0 bridgehead atoms. The molecule has 1 heterocycles. The van der Waals surface area contributed by atoms with Crippen LogP contribution in [-0.2, 0) is 0 Å². The minimum atomic E-state index is -0.355. The largest absolute Gasteiger partial charge is 0.339 e. The molecular weight excluding hydrogens is 376 g/mol.